The molecule has 4 aromatic carbocycles. The second-order valence-corrected chi connectivity index (χ2v) is 11.3. The third-order valence-corrected chi connectivity index (χ3v) is 8.78. The van der Waals surface area contributed by atoms with Gasteiger partial charge in [0.15, 0.2) is 11.5 Å². The van der Waals surface area contributed by atoms with Gasteiger partial charge in [-0.15, -0.1) is 0 Å². The molecule has 5 rings (SSSR count). The molecule has 8 nitrogen and oxygen atoms in total. The summed E-state index contributed by atoms with van der Waals surface area (Å²) in [6.07, 6.45) is 1.91. The van der Waals surface area contributed by atoms with Gasteiger partial charge in [0.2, 0.25) is 5.91 Å². The molecule has 0 radical (unpaired) electrons. The van der Waals surface area contributed by atoms with E-state index in [9.17, 15) is 13.2 Å². The quantitative estimate of drug-likeness (QED) is 0.289. The van der Waals surface area contributed by atoms with Crippen molar-refractivity contribution in [2.75, 3.05) is 37.5 Å². The minimum Gasteiger partial charge on any atom is -0.495 e. The fraction of sp³-hybridized carbons (Fsp3) is 0.207. The second kappa shape index (κ2) is 10.7. The zero-order valence-electron chi connectivity index (χ0n) is 21.7. The van der Waals surface area contributed by atoms with Crippen molar-refractivity contribution in [2.45, 2.75) is 17.7 Å². The van der Waals surface area contributed by atoms with E-state index < -0.39 is 22.5 Å². The summed E-state index contributed by atoms with van der Waals surface area (Å²) < 4.78 is 45.0. The number of nitrogens with one attached hydrogen (secondary N) is 1. The van der Waals surface area contributed by atoms with E-state index in [2.05, 4.69) is 11.4 Å². The van der Waals surface area contributed by atoms with E-state index in [0.717, 1.165) is 27.9 Å². The summed E-state index contributed by atoms with van der Waals surface area (Å²) in [6.45, 7) is -0.531. The summed E-state index contributed by atoms with van der Waals surface area (Å²) in [5, 5.41) is 5.27. The van der Waals surface area contributed by atoms with Gasteiger partial charge in [-0.2, -0.15) is 0 Å². The van der Waals surface area contributed by atoms with Crippen LogP contribution in [0, 0.1) is 0 Å². The van der Waals surface area contributed by atoms with Gasteiger partial charge in [-0.25, -0.2) is 8.42 Å². The Hall–Kier alpha value is -3.95. The fourth-order valence-electron chi connectivity index (χ4n) is 4.94. The van der Waals surface area contributed by atoms with Crippen LogP contribution in [-0.2, 0) is 27.7 Å². The number of sulfonamides is 1. The van der Waals surface area contributed by atoms with Crippen LogP contribution in [0.15, 0.2) is 71.6 Å². The normalized spacial score (nSPS) is 12.3. The van der Waals surface area contributed by atoms with Gasteiger partial charge in [0.05, 0.1) is 31.9 Å². The Morgan fingerprint density at radius 3 is 2.28 bits per heavy atom. The van der Waals surface area contributed by atoms with E-state index in [1.165, 1.54) is 56.7 Å². The molecule has 4 aromatic rings. The van der Waals surface area contributed by atoms with Crippen molar-refractivity contribution in [2.24, 2.45) is 0 Å². The lowest BCUT2D eigenvalue weighted by Gasteiger charge is -2.26. The molecule has 10 heteroatoms. The van der Waals surface area contributed by atoms with Crippen molar-refractivity contribution >= 4 is 49.7 Å². The van der Waals surface area contributed by atoms with E-state index in [4.69, 9.17) is 25.8 Å². The number of hydrogen-bond donors (Lipinski definition) is 1. The maximum atomic E-state index is 14.0. The molecule has 1 aliphatic carbocycles. The van der Waals surface area contributed by atoms with E-state index in [1.807, 2.05) is 24.3 Å². The highest BCUT2D eigenvalue weighted by atomic mass is 35.5. The molecule has 1 amide bonds. The number of ether oxygens (including phenoxy) is 3. The van der Waals surface area contributed by atoms with Gasteiger partial charge in [-0.05, 0) is 65.8 Å². The molecule has 0 unspecified atom stereocenters. The zero-order valence-corrected chi connectivity index (χ0v) is 23.2. The minimum atomic E-state index is -4.30. The number of rotatable bonds is 9. The Kier molecular flexibility index (Phi) is 7.29. The zero-order chi connectivity index (χ0) is 27.7. The molecule has 1 aliphatic rings. The Morgan fingerprint density at radius 2 is 1.56 bits per heavy atom. The Morgan fingerprint density at radius 1 is 0.872 bits per heavy atom. The summed E-state index contributed by atoms with van der Waals surface area (Å²) in [6, 6.07) is 18.7. The van der Waals surface area contributed by atoms with Crippen molar-refractivity contribution in [1.29, 1.82) is 0 Å². The smallest absolute Gasteiger partial charge is 0.265 e. The standard InChI is InChI=1S/C29H27ClN2O6S/c1-36-25-13-10-20(30)15-24(25)32(39(34,35)21-11-14-26(37-2)27(16-21)38-3)17-28(33)31-23-12-9-19-8-7-18-5-4-6-22(23)29(18)19/h4-6,9-16H,7-8,17H2,1-3H3,(H,31,33). The summed E-state index contributed by atoms with van der Waals surface area (Å²) in [7, 11) is -0.00633. The van der Waals surface area contributed by atoms with Gasteiger partial charge in [0.1, 0.15) is 12.3 Å². The molecule has 0 aromatic heterocycles. The number of amides is 1. The molecular weight excluding hydrogens is 540 g/mol. The lowest BCUT2D eigenvalue weighted by molar-refractivity contribution is -0.114. The number of anilines is 2. The third-order valence-electron chi connectivity index (χ3n) is 6.79. The van der Waals surface area contributed by atoms with Gasteiger partial charge in [0.25, 0.3) is 10.0 Å². The SMILES string of the molecule is COc1ccc(S(=O)(=O)N(CC(=O)Nc2ccc3c4c(cccc24)CC3)c2cc(Cl)ccc2OC)cc1OC. The van der Waals surface area contributed by atoms with Crippen molar-refractivity contribution in [1.82, 2.24) is 0 Å². The average molecular weight is 567 g/mol. The maximum Gasteiger partial charge on any atom is 0.265 e. The Bertz CT molecular complexity index is 1680. The van der Waals surface area contributed by atoms with E-state index >= 15 is 0 Å². The molecule has 0 saturated carbocycles. The van der Waals surface area contributed by atoms with Crippen LogP contribution in [0.2, 0.25) is 5.02 Å². The summed E-state index contributed by atoms with van der Waals surface area (Å²) >= 11 is 6.25. The predicted molar refractivity (Wildman–Crippen MR) is 152 cm³/mol. The van der Waals surface area contributed by atoms with E-state index in [-0.39, 0.29) is 27.1 Å². The first kappa shape index (κ1) is 26.6. The number of aryl methyl sites for hydroxylation is 2. The second-order valence-electron chi connectivity index (χ2n) is 9.00. The summed E-state index contributed by atoms with van der Waals surface area (Å²) in [4.78, 5) is 13.4. The highest BCUT2D eigenvalue weighted by Gasteiger charge is 2.31. The fourth-order valence-corrected chi connectivity index (χ4v) is 6.54. The summed E-state index contributed by atoms with van der Waals surface area (Å²) in [5.41, 5.74) is 3.21. The topological polar surface area (TPSA) is 94.2 Å². The number of hydrogen-bond acceptors (Lipinski definition) is 6. The molecule has 39 heavy (non-hydrogen) atoms. The van der Waals surface area contributed by atoms with Gasteiger partial charge in [-0.3, -0.25) is 9.10 Å². The molecule has 0 bridgehead atoms. The van der Waals surface area contributed by atoms with Crippen LogP contribution in [0.5, 0.6) is 17.2 Å². The molecule has 0 heterocycles. The predicted octanol–water partition coefficient (Wildman–Crippen LogP) is 5.45. The van der Waals surface area contributed by atoms with Gasteiger partial charge >= 0.3 is 0 Å². The number of nitrogens with zero attached hydrogens (tertiary/aromatic N) is 1. The van der Waals surface area contributed by atoms with E-state index in [0.29, 0.717) is 11.4 Å². The average Bonchev–Trinajstić information content (AvgIpc) is 3.37. The third kappa shape index (κ3) is 4.95. The number of benzene rings is 4. The molecule has 0 spiro atoms. The van der Waals surface area contributed by atoms with E-state index in [1.54, 1.807) is 12.1 Å². The van der Waals surface area contributed by atoms with Crippen LogP contribution in [0.1, 0.15) is 11.1 Å². The molecule has 1 N–H and O–H groups in total. The summed E-state index contributed by atoms with van der Waals surface area (Å²) in [5.74, 6) is 0.309. The van der Waals surface area contributed by atoms with Crippen molar-refractivity contribution in [3.05, 3.63) is 82.9 Å². The maximum absolute atomic E-state index is 14.0. The van der Waals surface area contributed by atoms with Gasteiger partial charge in [0, 0.05) is 22.2 Å². The van der Waals surface area contributed by atoms with Crippen LogP contribution in [-0.4, -0.2) is 42.2 Å². The highest BCUT2D eigenvalue weighted by Crippen LogP contribution is 2.38. The number of carbonyl (C=O) groups is 1. The first-order chi connectivity index (χ1) is 18.8. The Labute approximate surface area is 232 Å². The first-order valence-corrected chi connectivity index (χ1v) is 14.0. The van der Waals surface area contributed by atoms with Crippen molar-refractivity contribution in [3.8, 4) is 17.2 Å². The molecule has 0 atom stereocenters. The molecule has 0 fully saturated rings. The lowest BCUT2D eigenvalue weighted by Crippen LogP contribution is -2.38. The van der Waals surface area contributed by atoms with Gasteiger partial charge < -0.3 is 19.5 Å². The van der Waals surface area contributed by atoms with Crippen LogP contribution < -0.4 is 23.8 Å². The minimum absolute atomic E-state index is 0.0969. The van der Waals surface area contributed by atoms with Crippen LogP contribution in [0.25, 0.3) is 10.8 Å². The van der Waals surface area contributed by atoms with Crippen LogP contribution in [0.4, 0.5) is 11.4 Å². The molecular formula is C29H27ClN2O6S. The number of halogens is 1. The largest absolute Gasteiger partial charge is 0.495 e. The number of methoxy groups -OCH3 is 3. The van der Waals surface area contributed by atoms with Crippen molar-refractivity contribution in [3.63, 3.8) is 0 Å². The van der Waals surface area contributed by atoms with Crippen molar-refractivity contribution < 1.29 is 27.4 Å². The number of carbonyl (C=O) groups excluding carboxylic acids is 1. The molecule has 0 aliphatic heterocycles. The highest BCUT2D eigenvalue weighted by molar-refractivity contribution is 7.92. The van der Waals surface area contributed by atoms with Gasteiger partial charge in [-0.1, -0.05) is 35.9 Å². The first-order valence-electron chi connectivity index (χ1n) is 12.2. The Balaban J connectivity index is 1.55. The van der Waals surface area contributed by atoms with Crippen LogP contribution >= 0.6 is 11.6 Å². The monoisotopic (exact) mass is 566 g/mol. The lowest BCUT2D eigenvalue weighted by atomic mass is 10.0. The molecule has 0 saturated heterocycles. The van der Waals surface area contributed by atoms with Crippen LogP contribution in [0.3, 0.4) is 0 Å². The molecule has 202 valence electrons.